The van der Waals surface area contributed by atoms with E-state index in [2.05, 4.69) is 135 Å². The fourth-order valence-electron chi connectivity index (χ4n) is 4.14. The highest BCUT2D eigenvalue weighted by molar-refractivity contribution is 7.81. The topological polar surface area (TPSA) is 64.1 Å². The van der Waals surface area contributed by atoms with E-state index in [9.17, 15) is 4.79 Å². The summed E-state index contributed by atoms with van der Waals surface area (Å²) in [6, 6.07) is 15.2. The first-order valence-electron chi connectivity index (χ1n) is 14.1. The second kappa shape index (κ2) is 18.0. The molecular weight excluding hydrogens is 601 g/mol. The van der Waals surface area contributed by atoms with Gasteiger partial charge >= 0.3 is 6.03 Å². The van der Waals surface area contributed by atoms with Gasteiger partial charge in [-0.1, -0.05) is 18.3 Å². The normalized spacial score (nSPS) is 13.0. The lowest BCUT2D eigenvalue weighted by atomic mass is 9.94. The smallest absolute Gasteiger partial charge is 0.334 e. The average molecular weight is 627 g/mol. The minimum atomic E-state index is -1.11. The van der Waals surface area contributed by atoms with Crippen molar-refractivity contribution in [1.29, 1.82) is 0 Å². The first-order chi connectivity index (χ1) is 22.9. The molecule has 1 aliphatic rings. The zero-order valence-electron chi connectivity index (χ0n) is 26.2. The Labute approximate surface area is 282 Å². The number of thiocarbonyl (C=S) groups is 1. The van der Waals surface area contributed by atoms with Crippen LogP contribution < -0.4 is 20.1 Å². The van der Waals surface area contributed by atoms with Crippen LogP contribution in [0.4, 0.5) is 22.0 Å². The number of anilines is 3. The number of urea groups is 1. The molecule has 1 N–H and O–H groups in total. The number of hydrazone groups is 1. The molecule has 1 atom stereocenters. The molecule has 0 bridgehead atoms. The highest BCUT2D eigenvalue weighted by Gasteiger charge is 2.50. The summed E-state index contributed by atoms with van der Waals surface area (Å²) in [7, 11) is 0. The Morgan fingerprint density at radius 2 is 1.34 bits per heavy atom. The van der Waals surface area contributed by atoms with E-state index >= 15 is 0 Å². The van der Waals surface area contributed by atoms with E-state index in [0.717, 1.165) is 18.8 Å². The van der Waals surface area contributed by atoms with Gasteiger partial charge in [0.2, 0.25) is 0 Å². The predicted octanol–water partition coefficient (Wildman–Crippen LogP) is 4.04. The summed E-state index contributed by atoms with van der Waals surface area (Å²) in [4.78, 5) is 22.3. The number of aromatic nitrogens is 1. The lowest BCUT2D eigenvalue weighted by molar-refractivity contribution is 0.248. The molecule has 8 heteroatoms. The van der Waals surface area contributed by atoms with E-state index in [0.29, 0.717) is 22.2 Å². The van der Waals surface area contributed by atoms with Crippen LogP contribution in [0.1, 0.15) is 27.7 Å². The van der Waals surface area contributed by atoms with Gasteiger partial charge < -0.3 is 4.90 Å². The third kappa shape index (κ3) is 9.26. The van der Waals surface area contributed by atoms with Crippen molar-refractivity contribution in [3.8, 4) is 107 Å². The number of benzene rings is 1. The van der Waals surface area contributed by atoms with Crippen LogP contribution >= 0.6 is 12.2 Å². The number of nitrogens with zero attached hydrogens (tertiary/aromatic N) is 5. The summed E-state index contributed by atoms with van der Waals surface area (Å²) >= 11 is 5.92. The zero-order valence-corrected chi connectivity index (χ0v) is 27.0. The molecule has 2 aromatic rings. The minimum absolute atomic E-state index is 0.386. The van der Waals surface area contributed by atoms with E-state index in [1.54, 1.807) is 22.2 Å². The van der Waals surface area contributed by atoms with Crippen molar-refractivity contribution in [2.24, 2.45) is 5.10 Å². The van der Waals surface area contributed by atoms with Gasteiger partial charge in [0.15, 0.2) is 5.82 Å². The molecule has 2 amide bonds. The SMILES string of the molecule is C#CC#CC#CC#CC#CC#CC#CC#CC#CNC(=O)N(c1ccc(N(CC)CC)cc1)C1(C)C(=S)N(c2ccccn2)N=C1C. The Morgan fingerprint density at radius 3 is 1.83 bits per heavy atom. The third-order valence-electron chi connectivity index (χ3n) is 6.50. The number of carbonyl (C=O) groups is 1. The molecule has 224 valence electrons. The van der Waals surface area contributed by atoms with Crippen LogP contribution in [0.3, 0.4) is 0 Å². The van der Waals surface area contributed by atoms with Crippen molar-refractivity contribution < 1.29 is 4.79 Å². The number of hydrogen-bond donors (Lipinski definition) is 1. The quantitative estimate of drug-likeness (QED) is 0.298. The van der Waals surface area contributed by atoms with E-state index in [1.165, 1.54) is 0 Å². The Kier molecular flexibility index (Phi) is 13.2. The summed E-state index contributed by atoms with van der Waals surface area (Å²) < 4.78 is 0. The third-order valence-corrected chi connectivity index (χ3v) is 7.07. The van der Waals surface area contributed by atoms with Gasteiger partial charge in [-0.15, -0.1) is 6.42 Å². The zero-order chi connectivity index (χ0) is 33.9. The van der Waals surface area contributed by atoms with Gasteiger partial charge in [-0.05, 0) is 111 Å². The summed E-state index contributed by atoms with van der Waals surface area (Å²) in [6.07, 6.45) is 6.63. The highest BCUT2D eigenvalue weighted by Crippen LogP contribution is 2.35. The van der Waals surface area contributed by atoms with Crippen molar-refractivity contribution in [2.45, 2.75) is 33.2 Å². The molecule has 3 rings (SSSR count). The molecular formula is C39H26N6OS. The molecule has 1 aromatic carbocycles. The second-order valence-electron chi connectivity index (χ2n) is 9.16. The Morgan fingerprint density at radius 1 is 0.830 bits per heavy atom. The first-order valence-corrected chi connectivity index (χ1v) is 14.5. The van der Waals surface area contributed by atoms with Gasteiger partial charge in [0, 0.05) is 84.1 Å². The second-order valence-corrected chi connectivity index (χ2v) is 9.55. The van der Waals surface area contributed by atoms with Crippen LogP contribution in [-0.4, -0.2) is 40.3 Å². The minimum Gasteiger partial charge on any atom is -0.372 e. The number of pyridine rings is 1. The van der Waals surface area contributed by atoms with E-state index in [-0.39, 0.29) is 0 Å². The number of amides is 2. The molecule has 2 heterocycles. The molecule has 47 heavy (non-hydrogen) atoms. The van der Waals surface area contributed by atoms with Crippen molar-refractivity contribution >= 4 is 46.1 Å². The molecule has 7 nitrogen and oxygen atoms in total. The molecule has 0 saturated heterocycles. The molecule has 1 unspecified atom stereocenters. The number of carbonyl (C=O) groups excluding carboxylic acids is 1. The van der Waals surface area contributed by atoms with Crippen LogP contribution in [0.25, 0.3) is 0 Å². The van der Waals surface area contributed by atoms with Crippen LogP contribution in [0.15, 0.2) is 53.8 Å². The van der Waals surface area contributed by atoms with Crippen LogP contribution in [-0.2, 0) is 0 Å². The largest absolute Gasteiger partial charge is 0.372 e. The summed E-state index contributed by atoms with van der Waals surface area (Å²) in [6.45, 7) is 9.56. The van der Waals surface area contributed by atoms with E-state index in [1.807, 2.05) is 50.2 Å². The monoisotopic (exact) mass is 626 g/mol. The number of hydrogen-bond acceptors (Lipinski definition) is 5. The fraction of sp³-hybridized carbons (Fsp3) is 0.179. The van der Waals surface area contributed by atoms with Gasteiger partial charge in [-0.25, -0.2) is 14.8 Å². The number of nitrogens with one attached hydrogen (secondary N) is 1. The Hall–Kier alpha value is -6.96. The molecule has 0 saturated carbocycles. The van der Waals surface area contributed by atoms with Gasteiger partial charge in [0.1, 0.15) is 10.5 Å². The van der Waals surface area contributed by atoms with Gasteiger partial charge in [-0.2, -0.15) is 5.10 Å². The van der Waals surface area contributed by atoms with Gasteiger partial charge in [0.25, 0.3) is 0 Å². The van der Waals surface area contributed by atoms with Gasteiger partial charge in [0.05, 0.1) is 5.71 Å². The van der Waals surface area contributed by atoms with Crippen LogP contribution in [0, 0.1) is 107 Å². The fourth-order valence-corrected chi connectivity index (χ4v) is 4.51. The van der Waals surface area contributed by atoms with Crippen molar-refractivity contribution in [2.75, 3.05) is 27.9 Å². The summed E-state index contributed by atoms with van der Waals surface area (Å²) in [5.74, 6) is 40.2. The molecule has 0 spiro atoms. The predicted molar refractivity (Wildman–Crippen MR) is 193 cm³/mol. The molecule has 1 aromatic heterocycles. The Balaban J connectivity index is 1.80. The molecule has 0 fully saturated rings. The van der Waals surface area contributed by atoms with Crippen molar-refractivity contribution in [3.63, 3.8) is 0 Å². The van der Waals surface area contributed by atoms with E-state index < -0.39 is 11.6 Å². The summed E-state index contributed by atoms with van der Waals surface area (Å²) in [5.41, 5.74) is 1.14. The Bertz CT molecular complexity index is 2120. The molecule has 0 aliphatic carbocycles. The maximum absolute atomic E-state index is 13.8. The van der Waals surface area contributed by atoms with Gasteiger partial charge in [-0.3, -0.25) is 10.2 Å². The van der Waals surface area contributed by atoms with Crippen molar-refractivity contribution in [1.82, 2.24) is 10.3 Å². The lowest BCUT2D eigenvalue weighted by Gasteiger charge is -2.38. The average Bonchev–Trinajstić information content (AvgIpc) is 3.32. The van der Waals surface area contributed by atoms with Crippen LogP contribution in [0.2, 0.25) is 0 Å². The highest BCUT2D eigenvalue weighted by atomic mass is 32.1. The first kappa shape index (κ1) is 34.5. The standard InChI is InChI=1S/C39H26N6OS/c1-6-9-10-11-12-13-14-15-16-17-18-19-20-21-22-24-32-41-38(46)44(35-29-27-34(28-30-35)43(7-2)8-3)39(5)33(4)42-45(37(39)47)36-26-23-25-31-40-36/h1,23,25-31H,7-8H2,2-5H3,(H,41,46). The lowest BCUT2D eigenvalue weighted by Crippen LogP contribution is -2.61. The summed E-state index contributed by atoms with van der Waals surface area (Å²) in [5, 5.41) is 8.87. The maximum Gasteiger partial charge on any atom is 0.334 e. The molecule has 0 radical (unpaired) electrons. The van der Waals surface area contributed by atoms with Crippen molar-refractivity contribution in [3.05, 3.63) is 48.7 Å². The molecule has 1 aliphatic heterocycles. The number of terminal acetylenes is 1. The van der Waals surface area contributed by atoms with E-state index in [4.69, 9.17) is 18.6 Å². The maximum atomic E-state index is 13.8. The van der Waals surface area contributed by atoms with Crippen LogP contribution in [0.5, 0.6) is 0 Å². The number of rotatable bonds is 6.